The number of hydrogen-bond acceptors (Lipinski definition) is 7. The second-order valence-electron chi connectivity index (χ2n) is 3.95. The van der Waals surface area contributed by atoms with E-state index in [1.54, 1.807) is 11.3 Å². The number of halogens is 2. The first-order chi connectivity index (χ1) is 10.2. The fraction of sp³-hybridized carbons (Fsp3) is 0.182. The normalized spacial score (nSPS) is 10.8. The Morgan fingerprint density at radius 3 is 2.81 bits per heavy atom. The summed E-state index contributed by atoms with van der Waals surface area (Å²) in [6.45, 7) is 0.661. The van der Waals surface area contributed by atoms with E-state index >= 15 is 0 Å². The van der Waals surface area contributed by atoms with E-state index in [9.17, 15) is 0 Å². The molecule has 3 rings (SSSR count). The fourth-order valence-electron chi connectivity index (χ4n) is 1.62. The summed E-state index contributed by atoms with van der Waals surface area (Å²) in [5.74, 6) is 0.706. The van der Waals surface area contributed by atoms with E-state index in [-0.39, 0.29) is 5.28 Å². The average Bonchev–Trinajstić information content (AvgIpc) is 3.10. The molecule has 0 atom stereocenters. The molecule has 0 aliphatic carbocycles. The molecule has 10 heteroatoms. The summed E-state index contributed by atoms with van der Waals surface area (Å²) < 4.78 is 2.19. The molecule has 0 radical (unpaired) electrons. The highest BCUT2D eigenvalue weighted by Gasteiger charge is 2.07. The fourth-order valence-corrected chi connectivity index (χ4v) is 2.86. The molecule has 0 aromatic carbocycles. The van der Waals surface area contributed by atoms with E-state index in [0.717, 1.165) is 10.8 Å². The smallest absolute Gasteiger partial charge is 0.258 e. The maximum Gasteiger partial charge on any atom is 0.258 e. The third-order valence-electron chi connectivity index (χ3n) is 2.50. The lowest BCUT2D eigenvalue weighted by molar-refractivity contribution is 0.793. The van der Waals surface area contributed by atoms with Crippen LogP contribution in [0.5, 0.6) is 0 Å². The molecule has 0 amide bonds. The number of aromatic nitrogens is 6. The van der Waals surface area contributed by atoms with Crippen LogP contribution in [0.1, 0.15) is 4.88 Å². The van der Waals surface area contributed by atoms with Crippen LogP contribution in [0.4, 0.5) is 5.95 Å². The second kappa shape index (κ2) is 6.33. The first kappa shape index (κ1) is 14.2. The van der Waals surface area contributed by atoms with Crippen molar-refractivity contribution in [3.05, 3.63) is 39.3 Å². The van der Waals surface area contributed by atoms with Crippen LogP contribution in [0.2, 0.25) is 9.62 Å². The van der Waals surface area contributed by atoms with Crippen molar-refractivity contribution in [2.75, 3.05) is 11.9 Å². The third kappa shape index (κ3) is 3.66. The van der Waals surface area contributed by atoms with Gasteiger partial charge in [-0.15, -0.1) is 11.3 Å². The quantitative estimate of drug-likeness (QED) is 0.767. The Bertz CT molecular complexity index is 728. The Morgan fingerprint density at radius 2 is 2.10 bits per heavy atom. The van der Waals surface area contributed by atoms with Gasteiger partial charge in [-0.2, -0.15) is 24.7 Å². The summed E-state index contributed by atoms with van der Waals surface area (Å²) in [5, 5.41) is 7.15. The molecule has 3 aromatic rings. The van der Waals surface area contributed by atoms with Crippen molar-refractivity contribution in [1.29, 1.82) is 0 Å². The predicted octanol–water partition coefficient (Wildman–Crippen LogP) is 2.48. The Kier molecular flexibility index (Phi) is 4.28. The van der Waals surface area contributed by atoms with Crippen LogP contribution in [-0.2, 0) is 6.42 Å². The topological polar surface area (TPSA) is 81.4 Å². The number of rotatable bonds is 5. The van der Waals surface area contributed by atoms with E-state index in [4.69, 9.17) is 23.2 Å². The summed E-state index contributed by atoms with van der Waals surface area (Å²) >= 11 is 13.3. The second-order valence-corrected chi connectivity index (χ2v) is 6.09. The van der Waals surface area contributed by atoms with Crippen molar-refractivity contribution in [1.82, 2.24) is 29.7 Å². The van der Waals surface area contributed by atoms with Crippen molar-refractivity contribution < 1.29 is 0 Å². The zero-order valence-electron chi connectivity index (χ0n) is 10.6. The van der Waals surface area contributed by atoms with Gasteiger partial charge in [-0.1, -0.05) is 11.6 Å². The lowest BCUT2D eigenvalue weighted by Crippen LogP contribution is -2.11. The van der Waals surface area contributed by atoms with E-state index in [1.807, 2.05) is 12.1 Å². The minimum Gasteiger partial charge on any atom is -0.354 e. The molecule has 108 valence electrons. The number of nitrogens with zero attached hydrogens (tertiary/aromatic N) is 6. The zero-order chi connectivity index (χ0) is 14.7. The summed E-state index contributed by atoms with van der Waals surface area (Å²) in [5.41, 5.74) is 0. The van der Waals surface area contributed by atoms with Gasteiger partial charge in [0.2, 0.25) is 11.2 Å². The third-order valence-corrected chi connectivity index (χ3v) is 3.96. The van der Waals surface area contributed by atoms with Crippen molar-refractivity contribution in [2.45, 2.75) is 6.42 Å². The maximum atomic E-state index is 5.89. The Labute approximate surface area is 134 Å². The average molecular weight is 342 g/mol. The molecular weight excluding hydrogens is 333 g/mol. The van der Waals surface area contributed by atoms with Crippen molar-refractivity contribution >= 4 is 40.5 Å². The summed E-state index contributed by atoms with van der Waals surface area (Å²) in [6, 6.07) is 3.88. The highest BCUT2D eigenvalue weighted by molar-refractivity contribution is 7.16. The molecule has 0 bridgehead atoms. The van der Waals surface area contributed by atoms with Crippen molar-refractivity contribution in [2.24, 2.45) is 0 Å². The van der Waals surface area contributed by atoms with Crippen molar-refractivity contribution in [3.63, 3.8) is 0 Å². The summed E-state index contributed by atoms with van der Waals surface area (Å²) in [4.78, 5) is 17.3. The van der Waals surface area contributed by atoms with Gasteiger partial charge in [0.1, 0.15) is 12.7 Å². The van der Waals surface area contributed by atoms with Gasteiger partial charge in [0.25, 0.3) is 5.95 Å². The lowest BCUT2D eigenvalue weighted by atomic mass is 10.3. The van der Waals surface area contributed by atoms with Gasteiger partial charge in [-0.25, -0.2) is 4.98 Å². The van der Waals surface area contributed by atoms with Crippen LogP contribution in [0, 0.1) is 0 Å². The molecule has 0 aliphatic heterocycles. The van der Waals surface area contributed by atoms with E-state index in [0.29, 0.717) is 18.4 Å². The van der Waals surface area contributed by atoms with Crippen LogP contribution < -0.4 is 5.32 Å². The molecule has 0 unspecified atom stereocenters. The van der Waals surface area contributed by atoms with Gasteiger partial charge in [0, 0.05) is 11.4 Å². The van der Waals surface area contributed by atoms with Gasteiger partial charge in [0.05, 0.1) is 4.34 Å². The monoisotopic (exact) mass is 341 g/mol. The lowest BCUT2D eigenvalue weighted by Gasteiger charge is -2.05. The molecule has 0 fully saturated rings. The van der Waals surface area contributed by atoms with Crippen LogP contribution in [0.3, 0.4) is 0 Å². The van der Waals surface area contributed by atoms with E-state index in [1.165, 1.54) is 22.2 Å². The van der Waals surface area contributed by atoms with Crippen molar-refractivity contribution in [3.8, 4) is 5.95 Å². The molecule has 0 saturated carbocycles. The van der Waals surface area contributed by atoms with Gasteiger partial charge in [0.15, 0.2) is 0 Å². The molecule has 7 nitrogen and oxygen atoms in total. The zero-order valence-corrected chi connectivity index (χ0v) is 12.9. The number of thiophene rings is 1. The highest BCUT2D eigenvalue weighted by Crippen LogP contribution is 2.21. The largest absolute Gasteiger partial charge is 0.354 e. The molecule has 21 heavy (non-hydrogen) atoms. The molecule has 3 aromatic heterocycles. The summed E-state index contributed by atoms with van der Waals surface area (Å²) in [7, 11) is 0. The Morgan fingerprint density at radius 1 is 1.19 bits per heavy atom. The van der Waals surface area contributed by atoms with E-state index < -0.39 is 0 Å². The molecule has 3 heterocycles. The van der Waals surface area contributed by atoms with Gasteiger partial charge < -0.3 is 5.32 Å². The Hall–Kier alpha value is -1.77. The van der Waals surface area contributed by atoms with E-state index in [2.05, 4.69) is 30.4 Å². The van der Waals surface area contributed by atoms with Crippen LogP contribution in [-0.4, -0.2) is 36.3 Å². The maximum absolute atomic E-state index is 5.89. The molecule has 1 N–H and O–H groups in total. The Balaban J connectivity index is 1.68. The first-order valence-electron chi connectivity index (χ1n) is 5.95. The van der Waals surface area contributed by atoms with Crippen LogP contribution in [0.15, 0.2) is 24.8 Å². The highest BCUT2D eigenvalue weighted by atomic mass is 35.5. The number of anilines is 1. The molecular formula is C11H9Cl2N7S. The first-order valence-corrected chi connectivity index (χ1v) is 7.52. The van der Waals surface area contributed by atoms with Crippen LogP contribution >= 0.6 is 34.5 Å². The summed E-state index contributed by atoms with van der Waals surface area (Å²) in [6.07, 6.45) is 3.70. The predicted molar refractivity (Wildman–Crippen MR) is 81.3 cm³/mol. The standard InChI is InChI=1S/C11H9Cl2N7S/c12-8-2-1-7(21-8)3-4-15-10-17-9(13)18-11(19-10)20-6-14-5-16-20/h1-2,5-6H,3-4H2,(H,15,17,18,19). The minimum atomic E-state index is 0.0946. The number of nitrogens with one attached hydrogen (secondary N) is 1. The SMILES string of the molecule is Clc1nc(NCCc2ccc(Cl)s2)nc(-n2cncn2)n1. The van der Waals surface area contributed by atoms with Gasteiger partial charge in [-0.3, -0.25) is 0 Å². The number of hydrogen-bond donors (Lipinski definition) is 1. The minimum absolute atomic E-state index is 0.0946. The molecule has 0 spiro atoms. The van der Waals surface area contributed by atoms with Crippen LogP contribution in [0.25, 0.3) is 5.95 Å². The van der Waals surface area contributed by atoms with Gasteiger partial charge in [-0.05, 0) is 30.2 Å². The van der Waals surface area contributed by atoms with Gasteiger partial charge >= 0.3 is 0 Å². The molecule has 0 aliphatic rings. The molecule has 0 saturated heterocycles.